The van der Waals surface area contributed by atoms with Gasteiger partial charge in [-0.05, 0) is 56.7 Å². The fraction of sp³-hybridized carbons (Fsp3) is 0.304. The van der Waals surface area contributed by atoms with Crippen LogP contribution in [0.3, 0.4) is 0 Å². The van der Waals surface area contributed by atoms with E-state index in [4.69, 9.17) is 10.2 Å². The van der Waals surface area contributed by atoms with Crippen molar-refractivity contribution >= 4 is 23.7 Å². The van der Waals surface area contributed by atoms with E-state index in [9.17, 15) is 18.4 Å². The zero-order chi connectivity index (χ0) is 22.9. The number of piperidine rings is 1. The fourth-order valence-corrected chi connectivity index (χ4v) is 4.67. The quantitative estimate of drug-likeness (QED) is 0.631. The third kappa shape index (κ3) is 7.80. The lowest BCUT2D eigenvalue weighted by Gasteiger charge is -2.41. The molecule has 0 amide bonds. The van der Waals surface area contributed by atoms with Crippen LogP contribution in [0.25, 0.3) is 0 Å². The van der Waals surface area contributed by atoms with Crippen LogP contribution in [-0.4, -0.2) is 47.2 Å². The van der Waals surface area contributed by atoms with Crippen molar-refractivity contribution in [2.45, 2.75) is 23.3 Å². The molecule has 31 heavy (non-hydrogen) atoms. The molecule has 3 rings (SSSR count). The molecule has 0 radical (unpaired) electrons. The van der Waals surface area contributed by atoms with Gasteiger partial charge in [0.1, 0.15) is 11.6 Å². The topological polar surface area (TPSA) is 77.8 Å². The van der Waals surface area contributed by atoms with Gasteiger partial charge in [-0.2, -0.15) is 0 Å². The van der Waals surface area contributed by atoms with E-state index in [1.807, 2.05) is 18.2 Å². The maximum absolute atomic E-state index is 14.4. The maximum Gasteiger partial charge on any atom is 0.328 e. The van der Waals surface area contributed by atoms with Crippen LogP contribution in [0.1, 0.15) is 24.0 Å². The second-order valence-corrected chi connectivity index (χ2v) is 8.56. The van der Waals surface area contributed by atoms with Gasteiger partial charge in [0.05, 0.1) is 0 Å². The Bertz CT molecular complexity index is 897. The van der Waals surface area contributed by atoms with Crippen LogP contribution >= 0.6 is 11.8 Å². The van der Waals surface area contributed by atoms with Gasteiger partial charge in [-0.15, -0.1) is 11.8 Å². The van der Waals surface area contributed by atoms with Crippen LogP contribution in [0, 0.1) is 11.6 Å². The minimum Gasteiger partial charge on any atom is -0.478 e. The number of halogens is 2. The van der Waals surface area contributed by atoms with Crippen molar-refractivity contribution in [1.82, 2.24) is 4.90 Å². The van der Waals surface area contributed by atoms with Gasteiger partial charge >= 0.3 is 11.9 Å². The molecule has 0 aliphatic carbocycles. The molecule has 0 atom stereocenters. The Morgan fingerprint density at radius 1 is 1.03 bits per heavy atom. The summed E-state index contributed by atoms with van der Waals surface area (Å²) in [5, 5.41) is 15.6. The van der Waals surface area contributed by atoms with Crippen molar-refractivity contribution in [3.8, 4) is 0 Å². The molecule has 0 spiro atoms. The van der Waals surface area contributed by atoms with E-state index >= 15 is 0 Å². The predicted octanol–water partition coefficient (Wildman–Crippen LogP) is 4.53. The van der Waals surface area contributed by atoms with Crippen molar-refractivity contribution in [3.05, 3.63) is 83.4 Å². The molecule has 1 aliphatic rings. The van der Waals surface area contributed by atoms with Gasteiger partial charge in [0.15, 0.2) is 0 Å². The smallest absolute Gasteiger partial charge is 0.328 e. The maximum atomic E-state index is 14.4. The number of carbonyl (C=O) groups is 2. The van der Waals surface area contributed by atoms with E-state index in [0.717, 1.165) is 31.7 Å². The lowest BCUT2D eigenvalue weighted by molar-refractivity contribution is -0.134. The summed E-state index contributed by atoms with van der Waals surface area (Å²) in [7, 11) is 2.08. The summed E-state index contributed by atoms with van der Waals surface area (Å²) < 4.78 is 27.8. The minimum absolute atomic E-state index is 0.295. The summed E-state index contributed by atoms with van der Waals surface area (Å²) >= 11 is 1.74. The van der Waals surface area contributed by atoms with E-state index in [-0.39, 0.29) is 16.4 Å². The molecule has 2 aromatic carbocycles. The highest BCUT2D eigenvalue weighted by molar-refractivity contribution is 7.99. The highest BCUT2D eigenvalue weighted by Gasteiger charge is 2.38. The van der Waals surface area contributed by atoms with Crippen LogP contribution in [0.5, 0.6) is 0 Å². The molecule has 5 nitrogen and oxygen atoms in total. The van der Waals surface area contributed by atoms with Crippen molar-refractivity contribution in [3.63, 3.8) is 0 Å². The first-order valence-electron chi connectivity index (χ1n) is 9.68. The predicted molar refractivity (Wildman–Crippen MR) is 117 cm³/mol. The highest BCUT2D eigenvalue weighted by atomic mass is 32.2. The molecule has 1 heterocycles. The molecule has 0 saturated carbocycles. The van der Waals surface area contributed by atoms with Crippen molar-refractivity contribution in [1.29, 1.82) is 0 Å². The normalized spacial score (nSPS) is 15.8. The molecule has 0 aromatic heterocycles. The summed E-state index contributed by atoms with van der Waals surface area (Å²) in [6, 6.07) is 14.0. The lowest BCUT2D eigenvalue weighted by atomic mass is 9.88. The zero-order valence-corrected chi connectivity index (χ0v) is 17.9. The second kappa shape index (κ2) is 11.6. The first kappa shape index (κ1) is 24.6. The third-order valence-corrected chi connectivity index (χ3v) is 6.60. The number of likely N-dealkylation sites (tertiary alicyclic amines) is 1. The highest BCUT2D eigenvalue weighted by Crippen LogP contribution is 2.47. The molecule has 166 valence electrons. The van der Waals surface area contributed by atoms with Gasteiger partial charge in [0.25, 0.3) is 0 Å². The van der Waals surface area contributed by atoms with Gasteiger partial charge in [-0.3, -0.25) is 0 Å². The minimum atomic E-state index is -1.26. The molecule has 1 saturated heterocycles. The number of carboxylic acid groups (broad SMARTS) is 2. The number of benzene rings is 2. The summed E-state index contributed by atoms with van der Waals surface area (Å²) in [5.41, 5.74) is 1.74. The van der Waals surface area contributed by atoms with Gasteiger partial charge in [-0.1, -0.05) is 30.3 Å². The number of nitrogens with zero attached hydrogens (tertiary/aromatic N) is 1. The molecular weight excluding hydrogens is 424 g/mol. The Hall–Kier alpha value is -2.71. The van der Waals surface area contributed by atoms with E-state index in [1.54, 1.807) is 11.8 Å². The SMILES string of the molecule is CN1CCC(SCc2ccccc2)(c2cc(F)ccc2F)CC1.O=C(O)/C=C\C(=O)O. The fourth-order valence-electron chi connectivity index (χ4n) is 3.26. The van der Waals surface area contributed by atoms with Gasteiger partial charge in [0, 0.05) is 28.2 Å². The summed E-state index contributed by atoms with van der Waals surface area (Å²) in [6.45, 7) is 1.80. The van der Waals surface area contributed by atoms with E-state index in [0.29, 0.717) is 17.7 Å². The van der Waals surface area contributed by atoms with E-state index in [2.05, 4.69) is 24.1 Å². The van der Waals surface area contributed by atoms with Gasteiger partial charge in [0.2, 0.25) is 0 Å². The number of carboxylic acids is 2. The Labute approximate surface area is 184 Å². The first-order chi connectivity index (χ1) is 14.7. The molecule has 0 bridgehead atoms. The average Bonchev–Trinajstić information content (AvgIpc) is 2.75. The molecule has 2 N–H and O–H groups in total. The van der Waals surface area contributed by atoms with E-state index in [1.165, 1.54) is 23.8 Å². The van der Waals surface area contributed by atoms with Crippen molar-refractivity contribution in [2.24, 2.45) is 0 Å². The largest absolute Gasteiger partial charge is 0.478 e. The van der Waals surface area contributed by atoms with Crippen molar-refractivity contribution < 1.29 is 28.6 Å². The van der Waals surface area contributed by atoms with Crippen LogP contribution in [-0.2, 0) is 20.1 Å². The Morgan fingerprint density at radius 2 is 1.61 bits per heavy atom. The molecule has 2 aromatic rings. The monoisotopic (exact) mass is 449 g/mol. The molecular formula is C23H25F2NO4S. The number of rotatable bonds is 6. The Balaban J connectivity index is 0.000000366. The standard InChI is InChI=1S/C19H21F2NS.C4H4O4/c1-22-11-9-19(10-12-22,17-13-16(20)7-8-18(17)21)23-14-15-5-3-2-4-6-15;5-3(6)1-2-4(7)8/h2-8,13H,9-12,14H2,1H3;1-2H,(H,5,6)(H,7,8)/b;2-1-. The molecule has 1 fully saturated rings. The van der Waals surface area contributed by atoms with Gasteiger partial charge in [-0.25, -0.2) is 18.4 Å². The molecule has 8 heteroatoms. The summed E-state index contributed by atoms with van der Waals surface area (Å²) in [5.74, 6) is -2.36. The first-order valence-corrected chi connectivity index (χ1v) is 10.7. The summed E-state index contributed by atoms with van der Waals surface area (Å²) in [6.07, 6.45) is 2.79. The molecule has 0 unspecified atom stereocenters. The van der Waals surface area contributed by atoms with Gasteiger partial charge < -0.3 is 15.1 Å². The number of hydrogen-bond acceptors (Lipinski definition) is 4. The third-order valence-electron chi connectivity index (χ3n) is 4.94. The number of aliphatic carboxylic acids is 2. The Kier molecular flexibility index (Phi) is 9.21. The van der Waals surface area contributed by atoms with E-state index < -0.39 is 11.9 Å². The summed E-state index contributed by atoms with van der Waals surface area (Å²) in [4.78, 5) is 21.4. The Morgan fingerprint density at radius 3 is 2.16 bits per heavy atom. The number of hydrogen-bond donors (Lipinski definition) is 2. The number of thioether (sulfide) groups is 1. The molecule has 1 aliphatic heterocycles. The van der Waals surface area contributed by atoms with Crippen LogP contribution in [0.2, 0.25) is 0 Å². The zero-order valence-electron chi connectivity index (χ0n) is 17.1. The van der Waals surface area contributed by atoms with Crippen LogP contribution in [0.15, 0.2) is 60.7 Å². The van der Waals surface area contributed by atoms with Crippen LogP contribution in [0.4, 0.5) is 8.78 Å². The van der Waals surface area contributed by atoms with Crippen molar-refractivity contribution in [2.75, 3.05) is 20.1 Å². The second-order valence-electron chi connectivity index (χ2n) is 7.21. The average molecular weight is 450 g/mol. The lowest BCUT2D eigenvalue weighted by Crippen LogP contribution is -2.39. The van der Waals surface area contributed by atoms with Crippen LogP contribution < -0.4 is 0 Å².